The van der Waals surface area contributed by atoms with Crippen molar-refractivity contribution in [3.63, 3.8) is 0 Å². The van der Waals surface area contributed by atoms with Crippen molar-refractivity contribution in [3.8, 4) is 11.5 Å². The van der Waals surface area contributed by atoms with E-state index in [-0.39, 0.29) is 22.0 Å². The van der Waals surface area contributed by atoms with Crippen molar-refractivity contribution in [1.29, 1.82) is 0 Å². The van der Waals surface area contributed by atoms with Crippen molar-refractivity contribution < 1.29 is 19.0 Å². The zero-order valence-corrected chi connectivity index (χ0v) is 11.8. The van der Waals surface area contributed by atoms with E-state index in [4.69, 9.17) is 34.0 Å². The van der Waals surface area contributed by atoms with Gasteiger partial charge >= 0.3 is 0 Å². The first-order chi connectivity index (χ1) is 9.81. The van der Waals surface area contributed by atoms with E-state index in [9.17, 15) is 13.9 Å². The van der Waals surface area contributed by atoms with Crippen LogP contribution in [-0.2, 0) is 0 Å². The minimum atomic E-state index is -1.11. The van der Waals surface area contributed by atoms with Crippen molar-refractivity contribution in [2.45, 2.75) is 0 Å². The number of aromatic hydroxyl groups is 2. The third-order valence-corrected chi connectivity index (χ3v) is 3.23. The zero-order valence-electron chi connectivity index (χ0n) is 10.2. The van der Waals surface area contributed by atoms with Gasteiger partial charge in [-0.15, -0.1) is 0 Å². The van der Waals surface area contributed by atoms with Gasteiger partial charge in [-0.3, -0.25) is 0 Å². The summed E-state index contributed by atoms with van der Waals surface area (Å²) in [6.45, 7) is 0. The second-order valence-electron chi connectivity index (χ2n) is 4.02. The predicted octanol–water partition coefficient (Wildman–Crippen LogP) is 3.93. The minimum Gasteiger partial charge on any atom is -0.508 e. The maximum atomic E-state index is 13.6. The van der Waals surface area contributed by atoms with Gasteiger partial charge in [-0.2, -0.15) is 0 Å². The maximum absolute atomic E-state index is 13.6. The summed E-state index contributed by atoms with van der Waals surface area (Å²) in [5.41, 5.74) is 4.97. The van der Waals surface area contributed by atoms with E-state index in [0.29, 0.717) is 12.1 Å². The van der Waals surface area contributed by atoms with Gasteiger partial charge in [-0.05, 0) is 12.1 Å². The number of anilines is 1. The number of nitrogens with zero attached hydrogens (tertiary/aromatic N) is 1. The molecular weight excluding hydrogens is 325 g/mol. The van der Waals surface area contributed by atoms with Gasteiger partial charge in [0, 0.05) is 17.8 Å². The molecule has 2 aromatic rings. The molecule has 0 radical (unpaired) electrons. The predicted molar refractivity (Wildman–Crippen MR) is 77.6 cm³/mol. The first kappa shape index (κ1) is 15.3. The minimum absolute atomic E-state index is 0.0507. The van der Waals surface area contributed by atoms with Gasteiger partial charge in [-0.25, -0.2) is 13.8 Å². The number of hydrogen-bond donors (Lipinski definition) is 3. The largest absolute Gasteiger partial charge is 0.508 e. The molecule has 0 fully saturated rings. The Morgan fingerprint density at radius 2 is 1.71 bits per heavy atom. The van der Waals surface area contributed by atoms with Crippen LogP contribution in [0.15, 0.2) is 29.3 Å². The summed E-state index contributed by atoms with van der Waals surface area (Å²) in [4.78, 5) is 3.58. The van der Waals surface area contributed by atoms with E-state index in [1.54, 1.807) is 0 Å². The maximum Gasteiger partial charge on any atom is 0.155 e. The highest BCUT2D eigenvalue weighted by atomic mass is 35.5. The Balaban J connectivity index is 2.60. The molecule has 0 amide bonds. The Hall–Kier alpha value is -2.05. The summed E-state index contributed by atoms with van der Waals surface area (Å²) >= 11 is 11.7. The number of aliphatic imine (C=N–C) groups is 1. The number of phenolic OH excluding ortho intramolecular Hbond substituents is 2. The number of benzene rings is 2. The van der Waals surface area contributed by atoms with Crippen LogP contribution in [0.1, 0.15) is 5.56 Å². The fraction of sp³-hybridized carbons (Fsp3) is 0. The van der Waals surface area contributed by atoms with Crippen molar-refractivity contribution in [2.24, 2.45) is 4.99 Å². The fourth-order valence-electron chi connectivity index (χ4n) is 1.60. The number of nitrogen functional groups attached to an aromatic ring is 1. The molecule has 0 heterocycles. The molecule has 0 bridgehead atoms. The number of halogens is 4. The lowest BCUT2D eigenvalue weighted by atomic mass is 10.2. The lowest BCUT2D eigenvalue weighted by Crippen LogP contribution is -2.00. The van der Waals surface area contributed by atoms with E-state index in [1.807, 2.05) is 0 Å². The monoisotopic (exact) mass is 332 g/mol. The number of phenols is 2. The van der Waals surface area contributed by atoms with E-state index in [1.165, 1.54) is 12.1 Å². The molecule has 0 atom stereocenters. The Kier molecular flexibility index (Phi) is 4.20. The van der Waals surface area contributed by atoms with E-state index < -0.39 is 28.2 Å². The summed E-state index contributed by atoms with van der Waals surface area (Å²) in [7, 11) is 0. The molecule has 8 heteroatoms. The highest BCUT2D eigenvalue weighted by Gasteiger charge is 2.17. The van der Waals surface area contributed by atoms with E-state index in [2.05, 4.69) is 4.99 Å². The summed E-state index contributed by atoms with van der Waals surface area (Å²) in [5, 5.41) is 18.0. The molecular formula is C13H8Cl2F2N2O2. The van der Waals surface area contributed by atoms with Gasteiger partial charge in [0.1, 0.15) is 22.4 Å². The molecule has 4 nitrogen and oxygen atoms in total. The summed E-state index contributed by atoms with van der Waals surface area (Å²) < 4.78 is 27.2. The SMILES string of the molecule is Nc1ccc(O)c(Cl)c1C(Cl)=Nc1c(F)cc(O)cc1F. The highest BCUT2D eigenvalue weighted by molar-refractivity contribution is 6.71. The van der Waals surface area contributed by atoms with Crippen LogP contribution in [0.4, 0.5) is 20.2 Å². The summed E-state index contributed by atoms with van der Waals surface area (Å²) in [6.07, 6.45) is 0. The van der Waals surface area contributed by atoms with Crippen molar-refractivity contribution in [1.82, 2.24) is 0 Å². The van der Waals surface area contributed by atoms with Crippen LogP contribution < -0.4 is 5.73 Å². The molecule has 0 unspecified atom stereocenters. The Morgan fingerprint density at radius 3 is 2.29 bits per heavy atom. The second kappa shape index (κ2) is 5.75. The van der Waals surface area contributed by atoms with Crippen LogP contribution >= 0.6 is 23.2 Å². The average molecular weight is 333 g/mol. The van der Waals surface area contributed by atoms with Crippen LogP contribution in [0.25, 0.3) is 0 Å². The molecule has 0 aliphatic rings. The molecule has 4 N–H and O–H groups in total. The molecule has 0 saturated carbocycles. The lowest BCUT2D eigenvalue weighted by molar-refractivity contribution is 0.461. The molecule has 21 heavy (non-hydrogen) atoms. The Labute approximate surface area is 128 Å². The lowest BCUT2D eigenvalue weighted by Gasteiger charge is -2.08. The van der Waals surface area contributed by atoms with Crippen LogP contribution in [-0.4, -0.2) is 15.4 Å². The zero-order chi connectivity index (χ0) is 15.7. The molecule has 0 aliphatic heterocycles. The third-order valence-electron chi connectivity index (χ3n) is 2.57. The van der Waals surface area contributed by atoms with Gasteiger partial charge < -0.3 is 15.9 Å². The van der Waals surface area contributed by atoms with Gasteiger partial charge in [0.15, 0.2) is 11.6 Å². The third kappa shape index (κ3) is 3.01. The fourth-order valence-corrected chi connectivity index (χ4v) is 2.20. The first-order valence-electron chi connectivity index (χ1n) is 5.50. The normalized spacial score (nSPS) is 11.7. The number of rotatable bonds is 2. The average Bonchev–Trinajstić information content (AvgIpc) is 2.38. The molecule has 0 spiro atoms. The van der Waals surface area contributed by atoms with Crippen molar-refractivity contribution >= 4 is 39.7 Å². The Bertz CT molecular complexity index is 728. The van der Waals surface area contributed by atoms with Crippen LogP contribution in [0.2, 0.25) is 5.02 Å². The van der Waals surface area contributed by atoms with E-state index >= 15 is 0 Å². The number of nitrogens with two attached hydrogens (primary N) is 1. The molecule has 0 aliphatic carbocycles. The standard InChI is InChI=1S/C13H8Cl2F2N2O2/c14-11-9(21)2-1-8(18)10(11)13(15)19-12-6(16)3-5(20)4-7(12)17/h1-4,20-21H,18H2. The summed E-state index contributed by atoms with van der Waals surface area (Å²) in [6, 6.07) is 3.92. The summed E-state index contributed by atoms with van der Waals surface area (Å²) in [5.74, 6) is -3.11. The second-order valence-corrected chi connectivity index (χ2v) is 4.76. The van der Waals surface area contributed by atoms with Gasteiger partial charge in [-0.1, -0.05) is 23.2 Å². The van der Waals surface area contributed by atoms with E-state index in [0.717, 1.165) is 0 Å². The van der Waals surface area contributed by atoms with Crippen molar-refractivity contribution in [2.75, 3.05) is 5.73 Å². The smallest absolute Gasteiger partial charge is 0.155 e. The first-order valence-corrected chi connectivity index (χ1v) is 6.26. The number of hydrogen-bond acceptors (Lipinski definition) is 4. The Morgan fingerprint density at radius 1 is 1.14 bits per heavy atom. The van der Waals surface area contributed by atoms with Gasteiger partial charge in [0.05, 0.1) is 10.6 Å². The van der Waals surface area contributed by atoms with Gasteiger partial charge in [0.25, 0.3) is 0 Å². The van der Waals surface area contributed by atoms with Crippen LogP contribution in [0.3, 0.4) is 0 Å². The topological polar surface area (TPSA) is 78.8 Å². The quantitative estimate of drug-likeness (QED) is 0.443. The van der Waals surface area contributed by atoms with Crippen LogP contribution in [0, 0.1) is 11.6 Å². The molecule has 2 aromatic carbocycles. The molecule has 2 rings (SSSR count). The molecule has 0 saturated heterocycles. The van der Waals surface area contributed by atoms with Gasteiger partial charge in [0.2, 0.25) is 0 Å². The van der Waals surface area contributed by atoms with Crippen LogP contribution in [0.5, 0.6) is 11.5 Å². The van der Waals surface area contributed by atoms with Crippen molar-refractivity contribution in [3.05, 3.63) is 46.5 Å². The highest BCUT2D eigenvalue weighted by Crippen LogP contribution is 2.34. The molecule has 0 aromatic heterocycles. The molecule has 110 valence electrons.